The summed E-state index contributed by atoms with van der Waals surface area (Å²) in [5, 5.41) is 7.60. The summed E-state index contributed by atoms with van der Waals surface area (Å²) in [6.07, 6.45) is 0. The summed E-state index contributed by atoms with van der Waals surface area (Å²) in [6.45, 7) is 12.0. The molecule has 1 aromatic carbocycles. The number of hydrogen-bond acceptors (Lipinski definition) is 3. The standard InChI is InChI=1S/C20H28ClFN4O/c1-13(2)25(14(3)4)11-10-23-20(27)18-15(5)24-26(19(18)21)12-16-6-8-17(22)9-7-16/h6-9,13-14H,10-12H2,1-5H3,(H,23,27). The molecule has 0 fully saturated rings. The summed E-state index contributed by atoms with van der Waals surface area (Å²) in [4.78, 5) is 14.9. The fourth-order valence-corrected chi connectivity index (χ4v) is 3.50. The summed E-state index contributed by atoms with van der Waals surface area (Å²) in [5.41, 5.74) is 1.82. The van der Waals surface area contributed by atoms with Crippen molar-refractivity contribution in [2.24, 2.45) is 0 Å². The fraction of sp³-hybridized carbons (Fsp3) is 0.500. The number of nitrogens with one attached hydrogen (secondary N) is 1. The van der Waals surface area contributed by atoms with E-state index in [9.17, 15) is 9.18 Å². The van der Waals surface area contributed by atoms with Crippen LogP contribution in [0, 0.1) is 12.7 Å². The van der Waals surface area contributed by atoms with Crippen molar-refractivity contribution in [1.82, 2.24) is 20.0 Å². The minimum Gasteiger partial charge on any atom is -0.351 e. The average molecular weight is 395 g/mol. The van der Waals surface area contributed by atoms with E-state index in [2.05, 4.69) is 43.0 Å². The molecule has 1 amide bonds. The number of benzene rings is 1. The topological polar surface area (TPSA) is 50.2 Å². The van der Waals surface area contributed by atoms with Gasteiger partial charge in [0.25, 0.3) is 5.91 Å². The number of nitrogens with zero attached hydrogens (tertiary/aromatic N) is 3. The normalized spacial score (nSPS) is 11.6. The van der Waals surface area contributed by atoms with Gasteiger partial charge < -0.3 is 5.32 Å². The Balaban J connectivity index is 2.04. The molecule has 0 aliphatic rings. The van der Waals surface area contributed by atoms with E-state index in [1.165, 1.54) is 12.1 Å². The number of rotatable bonds is 8. The molecule has 1 heterocycles. The van der Waals surface area contributed by atoms with E-state index in [4.69, 9.17) is 11.6 Å². The molecule has 2 rings (SSSR count). The minimum atomic E-state index is -0.293. The zero-order chi connectivity index (χ0) is 20.1. The maximum atomic E-state index is 13.0. The van der Waals surface area contributed by atoms with Gasteiger partial charge in [0, 0.05) is 25.2 Å². The van der Waals surface area contributed by atoms with Crippen LogP contribution < -0.4 is 5.32 Å². The van der Waals surface area contributed by atoms with Crippen LogP contribution in [0.2, 0.25) is 5.15 Å². The highest BCUT2D eigenvalue weighted by atomic mass is 35.5. The smallest absolute Gasteiger partial charge is 0.256 e. The molecule has 0 spiro atoms. The third-order valence-corrected chi connectivity index (χ3v) is 4.90. The van der Waals surface area contributed by atoms with Crippen LogP contribution in [0.3, 0.4) is 0 Å². The predicted molar refractivity (Wildman–Crippen MR) is 107 cm³/mol. The van der Waals surface area contributed by atoms with Crippen LogP contribution in [0.25, 0.3) is 0 Å². The van der Waals surface area contributed by atoms with Crippen molar-refractivity contribution in [3.8, 4) is 0 Å². The molecule has 0 unspecified atom stereocenters. The molecule has 2 aromatic rings. The summed E-state index contributed by atoms with van der Waals surface area (Å²) in [7, 11) is 0. The largest absolute Gasteiger partial charge is 0.351 e. The lowest BCUT2D eigenvalue weighted by Crippen LogP contribution is -2.42. The Morgan fingerprint density at radius 1 is 1.22 bits per heavy atom. The lowest BCUT2D eigenvalue weighted by atomic mass is 10.2. The fourth-order valence-electron chi connectivity index (χ4n) is 3.18. The highest BCUT2D eigenvalue weighted by Gasteiger charge is 2.21. The van der Waals surface area contributed by atoms with E-state index >= 15 is 0 Å². The van der Waals surface area contributed by atoms with Crippen LogP contribution in [0.1, 0.15) is 49.3 Å². The molecule has 0 aliphatic heterocycles. The van der Waals surface area contributed by atoms with Crippen molar-refractivity contribution in [2.45, 2.75) is 53.2 Å². The number of amides is 1. The Kier molecular flexibility index (Phi) is 7.39. The van der Waals surface area contributed by atoms with Crippen LogP contribution in [-0.4, -0.2) is 45.8 Å². The van der Waals surface area contributed by atoms with Crippen LogP contribution in [-0.2, 0) is 6.54 Å². The molecule has 0 atom stereocenters. The first kappa shape index (κ1) is 21.4. The molecule has 7 heteroatoms. The molecule has 0 saturated heterocycles. The molecule has 0 bridgehead atoms. The van der Waals surface area contributed by atoms with Gasteiger partial charge in [-0.15, -0.1) is 0 Å². The van der Waals surface area contributed by atoms with Gasteiger partial charge in [0.05, 0.1) is 17.8 Å². The van der Waals surface area contributed by atoms with Gasteiger partial charge in [0.15, 0.2) is 0 Å². The average Bonchev–Trinajstić information content (AvgIpc) is 2.86. The van der Waals surface area contributed by atoms with Crippen molar-refractivity contribution < 1.29 is 9.18 Å². The number of aryl methyl sites for hydroxylation is 1. The van der Waals surface area contributed by atoms with Crippen molar-refractivity contribution in [3.05, 3.63) is 52.1 Å². The third kappa shape index (κ3) is 5.53. The first-order chi connectivity index (χ1) is 12.7. The number of carbonyl (C=O) groups is 1. The molecule has 5 nitrogen and oxygen atoms in total. The molecule has 148 valence electrons. The van der Waals surface area contributed by atoms with Gasteiger partial charge in [-0.05, 0) is 52.3 Å². The Bertz CT molecular complexity index is 763. The van der Waals surface area contributed by atoms with Crippen molar-refractivity contribution in [3.63, 3.8) is 0 Å². The monoisotopic (exact) mass is 394 g/mol. The Labute approximate surface area is 165 Å². The van der Waals surface area contributed by atoms with Gasteiger partial charge in [-0.2, -0.15) is 5.10 Å². The molecule has 1 aromatic heterocycles. The maximum Gasteiger partial charge on any atom is 0.256 e. The summed E-state index contributed by atoms with van der Waals surface area (Å²) >= 11 is 6.40. The summed E-state index contributed by atoms with van der Waals surface area (Å²) in [6, 6.07) is 6.95. The first-order valence-corrected chi connectivity index (χ1v) is 9.59. The van der Waals surface area contributed by atoms with Gasteiger partial charge in [0.2, 0.25) is 0 Å². The second-order valence-corrected chi connectivity index (χ2v) is 7.57. The SMILES string of the molecule is Cc1nn(Cc2ccc(F)cc2)c(Cl)c1C(=O)NCCN(C(C)C)C(C)C. The number of carbonyl (C=O) groups excluding carboxylic acids is 1. The molecule has 0 aliphatic carbocycles. The zero-order valence-electron chi connectivity index (χ0n) is 16.6. The third-order valence-electron chi connectivity index (χ3n) is 4.52. The lowest BCUT2D eigenvalue weighted by molar-refractivity contribution is 0.0939. The van der Waals surface area contributed by atoms with Gasteiger partial charge in [-0.25, -0.2) is 9.07 Å². The van der Waals surface area contributed by atoms with E-state index in [0.717, 1.165) is 12.1 Å². The van der Waals surface area contributed by atoms with Crippen LogP contribution in [0.5, 0.6) is 0 Å². The van der Waals surface area contributed by atoms with E-state index in [-0.39, 0.29) is 11.7 Å². The second kappa shape index (κ2) is 9.33. The van der Waals surface area contributed by atoms with Crippen LogP contribution in [0.4, 0.5) is 4.39 Å². The quantitative estimate of drug-likeness (QED) is 0.739. The summed E-state index contributed by atoms with van der Waals surface area (Å²) in [5.74, 6) is -0.520. The van der Waals surface area contributed by atoms with E-state index < -0.39 is 0 Å². The molecule has 1 N–H and O–H groups in total. The van der Waals surface area contributed by atoms with Gasteiger partial charge in [-0.3, -0.25) is 9.69 Å². The number of aromatic nitrogens is 2. The van der Waals surface area contributed by atoms with Gasteiger partial charge in [0.1, 0.15) is 11.0 Å². The molecule has 27 heavy (non-hydrogen) atoms. The van der Waals surface area contributed by atoms with Crippen LogP contribution >= 0.6 is 11.6 Å². The van der Waals surface area contributed by atoms with Crippen molar-refractivity contribution in [1.29, 1.82) is 0 Å². The van der Waals surface area contributed by atoms with E-state index in [1.54, 1.807) is 23.7 Å². The van der Waals surface area contributed by atoms with E-state index in [0.29, 0.717) is 41.6 Å². The molecule has 0 saturated carbocycles. The highest BCUT2D eigenvalue weighted by Crippen LogP contribution is 2.21. The highest BCUT2D eigenvalue weighted by molar-refractivity contribution is 6.33. The first-order valence-electron chi connectivity index (χ1n) is 9.22. The summed E-state index contributed by atoms with van der Waals surface area (Å²) < 4.78 is 14.6. The molecular formula is C20H28ClFN4O. The van der Waals surface area contributed by atoms with Crippen LogP contribution in [0.15, 0.2) is 24.3 Å². The molecular weight excluding hydrogens is 367 g/mol. The number of hydrogen-bond donors (Lipinski definition) is 1. The minimum absolute atomic E-state index is 0.227. The van der Waals surface area contributed by atoms with Gasteiger partial charge >= 0.3 is 0 Å². The molecule has 0 radical (unpaired) electrons. The lowest BCUT2D eigenvalue weighted by Gasteiger charge is -2.30. The Morgan fingerprint density at radius 3 is 2.37 bits per heavy atom. The Hall–Kier alpha value is -1.92. The second-order valence-electron chi connectivity index (χ2n) is 7.22. The van der Waals surface area contributed by atoms with Crippen molar-refractivity contribution in [2.75, 3.05) is 13.1 Å². The Morgan fingerprint density at radius 2 is 1.81 bits per heavy atom. The zero-order valence-corrected chi connectivity index (χ0v) is 17.3. The predicted octanol–water partition coefficient (Wildman–Crippen LogP) is 3.88. The van der Waals surface area contributed by atoms with Crippen molar-refractivity contribution >= 4 is 17.5 Å². The number of halogens is 2. The van der Waals surface area contributed by atoms with E-state index in [1.807, 2.05) is 0 Å². The van der Waals surface area contributed by atoms with Gasteiger partial charge in [-0.1, -0.05) is 23.7 Å². The maximum absolute atomic E-state index is 13.0.